The van der Waals surface area contributed by atoms with E-state index in [1.807, 2.05) is 25.7 Å². The van der Waals surface area contributed by atoms with Gasteiger partial charge in [0.15, 0.2) is 0 Å². The number of nitrogens with one attached hydrogen (secondary N) is 2. The third-order valence-electron chi connectivity index (χ3n) is 5.35. The third kappa shape index (κ3) is 3.80. The Morgan fingerprint density at radius 2 is 2.07 bits per heavy atom. The van der Waals surface area contributed by atoms with Gasteiger partial charge < -0.3 is 9.47 Å². The van der Waals surface area contributed by atoms with Crippen molar-refractivity contribution in [1.29, 1.82) is 0 Å². The number of thiazole rings is 1. The number of likely N-dealkylation sites (N-methyl/N-ethyl adjacent to an activating group) is 1. The molecule has 1 aromatic carbocycles. The van der Waals surface area contributed by atoms with Crippen LogP contribution in [0.3, 0.4) is 0 Å². The molecule has 28 heavy (non-hydrogen) atoms. The molecule has 0 bridgehead atoms. The zero-order valence-electron chi connectivity index (χ0n) is 16.7. The van der Waals surface area contributed by atoms with E-state index in [9.17, 15) is 4.79 Å². The predicted octanol–water partition coefficient (Wildman–Crippen LogP) is 2.31. The van der Waals surface area contributed by atoms with Crippen LogP contribution in [0.1, 0.15) is 28.2 Å². The number of carbonyl (C=O) groups is 1. The first-order chi connectivity index (χ1) is 13.4. The number of hydrogen-bond acceptors (Lipinski definition) is 6. The standard InChI is InChI=1S/C20H26N6OS/c1-12-5-16-18(6-13(12)2)26(11-21-16)8-15-7-17(24-23-15)20(27)25(4)9-19-22-14(3)10-28-19/h5-6,10-11,15,17,23-24H,7-9H2,1-4H3. The summed E-state index contributed by atoms with van der Waals surface area (Å²) in [6.45, 7) is 7.51. The van der Waals surface area contributed by atoms with Crippen LogP contribution < -0.4 is 10.9 Å². The van der Waals surface area contributed by atoms with Crippen LogP contribution in [0.4, 0.5) is 0 Å². The Hall–Kier alpha value is -2.29. The molecular formula is C20H26N6OS. The topological polar surface area (TPSA) is 75.1 Å². The minimum absolute atomic E-state index is 0.0878. The first-order valence-corrected chi connectivity index (χ1v) is 10.4. The molecule has 1 amide bonds. The van der Waals surface area contributed by atoms with Crippen LogP contribution in [0.2, 0.25) is 0 Å². The van der Waals surface area contributed by atoms with Crippen molar-refractivity contribution in [3.05, 3.63) is 45.7 Å². The van der Waals surface area contributed by atoms with Crippen molar-refractivity contribution < 1.29 is 4.79 Å². The molecule has 0 radical (unpaired) electrons. The van der Waals surface area contributed by atoms with Gasteiger partial charge in [0.1, 0.15) is 11.0 Å². The van der Waals surface area contributed by atoms with Gasteiger partial charge in [-0.2, -0.15) is 0 Å². The van der Waals surface area contributed by atoms with E-state index in [0.29, 0.717) is 6.54 Å². The number of hydrogen-bond donors (Lipinski definition) is 2. The SMILES string of the molecule is Cc1csc(CN(C)C(=O)C2CC(Cn3cnc4cc(C)c(C)cc43)NN2)n1. The number of imidazole rings is 1. The highest BCUT2D eigenvalue weighted by molar-refractivity contribution is 7.09. The van der Waals surface area contributed by atoms with Crippen LogP contribution in [0, 0.1) is 20.8 Å². The number of hydrazine groups is 1. The number of amides is 1. The fourth-order valence-corrected chi connectivity index (χ4v) is 4.45. The Kier molecular flexibility index (Phi) is 5.18. The summed E-state index contributed by atoms with van der Waals surface area (Å²) in [5.41, 5.74) is 12.1. The van der Waals surface area contributed by atoms with E-state index in [1.54, 1.807) is 16.2 Å². The summed E-state index contributed by atoms with van der Waals surface area (Å²) in [6, 6.07) is 4.26. The first kappa shape index (κ1) is 19.0. The number of fused-ring (bicyclic) bond motifs is 1. The highest BCUT2D eigenvalue weighted by Gasteiger charge is 2.31. The minimum Gasteiger partial charge on any atom is -0.338 e. The molecule has 3 heterocycles. The fraction of sp³-hybridized carbons (Fsp3) is 0.450. The lowest BCUT2D eigenvalue weighted by molar-refractivity contribution is -0.132. The maximum absolute atomic E-state index is 12.8. The number of carbonyl (C=O) groups excluding carboxylic acids is 1. The first-order valence-electron chi connectivity index (χ1n) is 9.50. The van der Waals surface area contributed by atoms with Gasteiger partial charge in [-0.15, -0.1) is 11.3 Å². The summed E-state index contributed by atoms with van der Waals surface area (Å²) in [5.74, 6) is 0.0878. The van der Waals surface area contributed by atoms with Crippen molar-refractivity contribution in [2.75, 3.05) is 7.05 Å². The van der Waals surface area contributed by atoms with Crippen molar-refractivity contribution >= 4 is 28.3 Å². The molecule has 2 N–H and O–H groups in total. The molecule has 3 aromatic rings. The van der Waals surface area contributed by atoms with Crippen LogP contribution in [-0.2, 0) is 17.9 Å². The zero-order valence-corrected chi connectivity index (χ0v) is 17.5. The van der Waals surface area contributed by atoms with Gasteiger partial charge in [-0.3, -0.25) is 10.2 Å². The average Bonchev–Trinajstić information content (AvgIpc) is 3.37. The number of benzene rings is 1. The van der Waals surface area contributed by atoms with Crippen LogP contribution in [-0.4, -0.2) is 44.5 Å². The maximum Gasteiger partial charge on any atom is 0.241 e. The van der Waals surface area contributed by atoms with Crippen molar-refractivity contribution in [1.82, 2.24) is 30.3 Å². The number of aryl methyl sites for hydroxylation is 3. The quantitative estimate of drug-likeness (QED) is 0.690. The second-order valence-electron chi connectivity index (χ2n) is 7.67. The fourth-order valence-electron chi connectivity index (χ4n) is 3.62. The molecule has 1 saturated heterocycles. The van der Waals surface area contributed by atoms with Crippen LogP contribution in [0.15, 0.2) is 23.8 Å². The van der Waals surface area contributed by atoms with E-state index in [2.05, 4.69) is 51.4 Å². The lowest BCUT2D eigenvalue weighted by Crippen LogP contribution is -2.44. The van der Waals surface area contributed by atoms with E-state index in [-0.39, 0.29) is 18.0 Å². The molecule has 2 atom stereocenters. The second kappa shape index (κ2) is 7.62. The molecule has 4 rings (SSSR count). The van der Waals surface area contributed by atoms with Gasteiger partial charge in [-0.05, 0) is 50.5 Å². The Balaban J connectivity index is 1.39. The zero-order chi connectivity index (χ0) is 19.8. The van der Waals surface area contributed by atoms with Crippen LogP contribution >= 0.6 is 11.3 Å². The summed E-state index contributed by atoms with van der Waals surface area (Å²) in [5, 5.41) is 2.98. The number of nitrogens with zero attached hydrogens (tertiary/aromatic N) is 4. The molecule has 7 nitrogen and oxygen atoms in total. The van der Waals surface area contributed by atoms with Crippen molar-refractivity contribution in [3.63, 3.8) is 0 Å². The Morgan fingerprint density at radius 1 is 1.29 bits per heavy atom. The monoisotopic (exact) mass is 398 g/mol. The lowest BCUT2D eigenvalue weighted by Gasteiger charge is -2.19. The van der Waals surface area contributed by atoms with Gasteiger partial charge in [-0.25, -0.2) is 15.4 Å². The Labute approximate surface area is 168 Å². The molecular weight excluding hydrogens is 372 g/mol. The molecule has 2 aromatic heterocycles. The minimum atomic E-state index is -0.227. The van der Waals surface area contributed by atoms with Gasteiger partial charge in [0.25, 0.3) is 0 Å². The van der Waals surface area contributed by atoms with Gasteiger partial charge in [-0.1, -0.05) is 0 Å². The molecule has 1 aliphatic heterocycles. The van der Waals surface area contributed by atoms with Gasteiger partial charge >= 0.3 is 0 Å². The van der Waals surface area contributed by atoms with Crippen molar-refractivity contribution in [2.45, 2.75) is 52.4 Å². The predicted molar refractivity (Wildman–Crippen MR) is 111 cm³/mol. The third-order valence-corrected chi connectivity index (χ3v) is 6.30. The number of rotatable bonds is 5. The van der Waals surface area contributed by atoms with Crippen molar-refractivity contribution in [2.24, 2.45) is 0 Å². The van der Waals surface area contributed by atoms with Crippen molar-refractivity contribution in [3.8, 4) is 0 Å². The normalized spacial score (nSPS) is 19.4. The lowest BCUT2D eigenvalue weighted by atomic mass is 10.1. The van der Waals surface area contributed by atoms with E-state index in [4.69, 9.17) is 0 Å². The van der Waals surface area contributed by atoms with Gasteiger partial charge in [0.05, 0.1) is 23.9 Å². The highest BCUT2D eigenvalue weighted by Crippen LogP contribution is 2.20. The molecule has 1 fully saturated rings. The van der Waals surface area contributed by atoms with E-state index < -0.39 is 0 Å². The summed E-state index contributed by atoms with van der Waals surface area (Å²) >= 11 is 1.59. The Morgan fingerprint density at radius 3 is 2.82 bits per heavy atom. The summed E-state index contributed by atoms with van der Waals surface area (Å²) < 4.78 is 2.16. The van der Waals surface area contributed by atoms with E-state index in [0.717, 1.165) is 34.7 Å². The van der Waals surface area contributed by atoms with Crippen LogP contribution in [0.25, 0.3) is 11.0 Å². The smallest absolute Gasteiger partial charge is 0.241 e. The van der Waals surface area contributed by atoms with Crippen LogP contribution in [0.5, 0.6) is 0 Å². The molecule has 148 valence electrons. The molecule has 0 saturated carbocycles. The Bertz CT molecular complexity index is 1010. The van der Waals surface area contributed by atoms with E-state index in [1.165, 1.54) is 11.1 Å². The number of aromatic nitrogens is 3. The molecule has 1 aliphatic rings. The molecule has 0 spiro atoms. The van der Waals surface area contributed by atoms with E-state index >= 15 is 0 Å². The molecule has 2 unspecified atom stereocenters. The second-order valence-corrected chi connectivity index (χ2v) is 8.62. The molecule has 0 aliphatic carbocycles. The summed E-state index contributed by atoms with van der Waals surface area (Å²) in [6.07, 6.45) is 2.63. The van der Waals surface area contributed by atoms with Gasteiger partial charge in [0.2, 0.25) is 5.91 Å². The largest absolute Gasteiger partial charge is 0.338 e. The average molecular weight is 399 g/mol. The summed E-state index contributed by atoms with van der Waals surface area (Å²) in [7, 11) is 1.84. The highest BCUT2D eigenvalue weighted by atomic mass is 32.1. The maximum atomic E-state index is 12.8. The van der Waals surface area contributed by atoms with Gasteiger partial charge in [0, 0.05) is 30.7 Å². The molecule has 8 heteroatoms. The summed E-state index contributed by atoms with van der Waals surface area (Å²) in [4.78, 5) is 23.5.